The molecule has 0 bridgehead atoms. The minimum absolute atomic E-state index is 0.408. The minimum atomic E-state index is -2.27. The summed E-state index contributed by atoms with van der Waals surface area (Å²) in [6.07, 6.45) is 0. The molecule has 1 heteroatoms. The summed E-state index contributed by atoms with van der Waals surface area (Å²) >= 11 is 0. The van der Waals surface area contributed by atoms with Gasteiger partial charge in [-0.1, -0.05) is 0 Å². The van der Waals surface area contributed by atoms with Crippen molar-refractivity contribution in [1.82, 2.24) is 0 Å². The van der Waals surface area contributed by atoms with Gasteiger partial charge in [0.05, 0.1) is 0 Å². The molecule has 0 heterocycles. The van der Waals surface area contributed by atoms with Crippen LogP contribution >= 0.6 is 7.26 Å². The van der Waals surface area contributed by atoms with Crippen LogP contribution in [0.4, 0.5) is 0 Å². The van der Waals surface area contributed by atoms with Crippen LogP contribution in [0.5, 0.6) is 0 Å². The summed E-state index contributed by atoms with van der Waals surface area (Å²) in [5.41, 5.74) is 1.81. The fraction of sp³-hybridized carbons (Fsp3) is 0.0769. The van der Waals surface area contributed by atoms with Gasteiger partial charge in [-0.3, -0.25) is 0 Å². The Bertz CT molecular complexity index is 867. The third kappa shape index (κ3) is 3.22. The van der Waals surface area contributed by atoms with Crippen LogP contribution in [0.2, 0.25) is 0 Å². The zero-order chi connectivity index (χ0) is 18.5. The van der Waals surface area contributed by atoms with E-state index < -0.39 is 7.26 Å². The molecule has 0 spiro atoms. The van der Waals surface area contributed by atoms with Gasteiger partial charge in [0.15, 0.2) is 0 Å². The van der Waals surface area contributed by atoms with E-state index >= 15 is 0 Å². The Labute approximate surface area is 162 Å². The van der Waals surface area contributed by atoms with Crippen molar-refractivity contribution >= 4 is 23.2 Å². The maximum absolute atomic E-state index is 2.41. The van der Waals surface area contributed by atoms with Crippen LogP contribution in [0.3, 0.4) is 0 Å². The van der Waals surface area contributed by atoms with Gasteiger partial charge < -0.3 is 0 Å². The van der Waals surface area contributed by atoms with Crippen LogP contribution in [0.25, 0.3) is 0 Å². The zero-order valence-electron chi connectivity index (χ0n) is 15.6. The van der Waals surface area contributed by atoms with Crippen molar-refractivity contribution in [3.8, 4) is 0 Å². The summed E-state index contributed by atoms with van der Waals surface area (Å²) in [4.78, 5) is 0. The first-order valence-electron chi connectivity index (χ1n) is 9.55. The molecule has 4 aromatic rings. The van der Waals surface area contributed by atoms with E-state index in [4.69, 9.17) is 0 Å². The Balaban J connectivity index is 2.07. The molecule has 0 saturated carbocycles. The normalized spacial score (nSPS) is 13.1. The van der Waals surface area contributed by atoms with E-state index in [0.29, 0.717) is 5.66 Å². The molecule has 0 fully saturated rings. The van der Waals surface area contributed by atoms with Gasteiger partial charge in [-0.25, -0.2) is 0 Å². The van der Waals surface area contributed by atoms with Gasteiger partial charge in [-0.2, -0.15) is 0 Å². The monoisotopic (exact) mass is 368 g/mol. The van der Waals surface area contributed by atoms with Crippen LogP contribution in [0.1, 0.15) is 18.1 Å². The number of hydrogen-bond donors (Lipinski definition) is 0. The zero-order valence-corrected chi connectivity index (χ0v) is 16.6. The van der Waals surface area contributed by atoms with E-state index in [1.54, 1.807) is 0 Å². The van der Waals surface area contributed by atoms with Gasteiger partial charge >= 0.3 is 163 Å². The molecule has 4 rings (SSSR count). The second-order valence-corrected chi connectivity index (χ2v) is 11.3. The Morgan fingerprint density at radius 1 is 0.444 bits per heavy atom. The van der Waals surface area contributed by atoms with E-state index in [0.717, 1.165) is 0 Å². The fourth-order valence-electron chi connectivity index (χ4n) is 4.34. The molecule has 1 unspecified atom stereocenters. The Morgan fingerprint density at radius 3 is 1.07 bits per heavy atom. The van der Waals surface area contributed by atoms with Crippen LogP contribution in [0.15, 0.2) is 121 Å². The fourth-order valence-corrected chi connectivity index (χ4v) is 9.69. The van der Waals surface area contributed by atoms with E-state index in [2.05, 4.69) is 128 Å². The van der Waals surface area contributed by atoms with Crippen molar-refractivity contribution in [3.05, 3.63) is 127 Å². The number of rotatable bonds is 5. The summed E-state index contributed by atoms with van der Waals surface area (Å²) in [5.74, 6) is 0. The molecule has 1 atom stereocenters. The number of hydrogen-bond acceptors (Lipinski definition) is 0. The molecule has 0 N–H and O–H groups in total. The van der Waals surface area contributed by atoms with E-state index in [-0.39, 0.29) is 0 Å². The molecule has 0 amide bonds. The SMILES string of the molecule is CC(c1ccccc1)[PH](c1ccccc1)(c1ccccc1)c1ccccc1. The molecule has 134 valence electrons. The van der Waals surface area contributed by atoms with E-state index in [1.807, 2.05) is 0 Å². The maximum atomic E-state index is 2.41. The molecule has 0 nitrogen and oxygen atoms in total. The van der Waals surface area contributed by atoms with Gasteiger partial charge in [0.1, 0.15) is 0 Å². The summed E-state index contributed by atoms with van der Waals surface area (Å²) in [5, 5.41) is 4.37. The molecule has 4 aromatic carbocycles. The summed E-state index contributed by atoms with van der Waals surface area (Å²) < 4.78 is 0. The molecule has 27 heavy (non-hydrogen) atoms. The molecular weight excluding hydrogens is 343 g/mol. The summed E-state index contributed by atoms with van der Waals surface area (Å²) in [6.45, 7) is 2.41. The third-order valence-corrected chi connectivity index (χ3v) is 11.0. The van der Waals surface area contributed by atoms with Gasteiger partial charge in [0, 0.05) is 0 Å². The first-order chi connectivity index (χ1) is 13.3. The van der Waals surface area contributed by atoms with Crippen molar-refractivity contribution < 1.29 is 0 Å². The molecule has 0 aliphatic carbocycles. The van der Waals surface area contributed by atoms with Crippen molar-refractivity contribution in [2.75, 3.05) is 0 Å². The topological polar surface area (TPSA) is 0 Å². The second kappa shape index (κ2) is 7.91. The van der Waals surface area contributed by atoms with Crippen LogP contribution in [-0.4, -0.2) is 0 Å². The molecule has 0 radical (unpaired) electrons. The Morgan fingerprint density at radius 2 is 0.741 bits per heavy atom. The van der Waals surface area contributed by atoms with Gasteiger partial charge in [-0.05, 0) is 0 Å². The Kier molecular flexibility index (Phi) is 5.19. The standard InChI is InChI=1S/C26H25P/c1-22(23-14-6-2-7-15-23)27(24-16-8-3-9-17-24,25-18-10-4-11-19-25)26-20-12-5-13-21-26/h2-22,27H,1H3. The average molecular weight is 368 g/mol. The van der Waals surface area contributed by atoms with E-state index in [1.165, 1.54) is 21.5 Å². The predicted molar refractivity (Wildman–Crippen MR) is 121 cm³/mol. The first kappa shape index (κ1) is 17.7. The van der Waals surface area contributed by atoms with Gasteiger partial charge in [0.2, 0.25) is 0 Å². The van der Waals surface area contributed by atoms with Crippen LogP contribution in [0, 0.1) is 0 Å². The molecule has 0 aromatic heterocycles. The van der Waals surface area contributed by atoms with Gasteiger partial charge in [-0.15, -0.1) is 0 Å². The van der Waals surface area contributed by atoms with Gasteiger partial charge in [0.25, 0.3) is 0 Å². The molecule has 0 aliphatic heterocycles. The molecule has 0 aliphatic rings. The van der Waals surface area contributed by atoms with Crippen molar-refractivity contribution in [2.24, 2.45) is 0 Å². The Hall–Kier alpha value is -2.69. The number of benzene rings is 4. The molecule has 0 saturated heterocycles. The van der Waals surface area contributed by atoms with Crippen molar-refractivity contribution in [1.29, 1.82) is 0 Å². The predicted octanol–water partition coefficient (Wildman–Crippen LogP) is 5.47. The van der Waals surface area contributed by atoms with E-state index in [9.17, 15) is 0 Å². The summed E-state index contributed by atoms with van der Waals surface area (Å²) in [6, 6.07) is 44.4. The van der Waals surface area contributed by atoms with Crippen molar-refractivity contribution in [3.63, 3.8) is 0 Å². The van der Waals surface area contributed by atoms with Crippen molar-refractivity contribution in [2.45, 2.75) is 12.6 Å². The average Bonchev–Trinajstić information content (AvgIpc) is 2.77. The third-order valence-electron chi connectivity index (χ3n) is 5.64. The van der Waals surface area contributed by atoms with Crippen LogP contribution < -0.4 is 15.9 Å². The quantitative estimate of drug-likeness (QED) is 0.410. The second-order valence-electron chi connectivity index (χ2n) is 7.04. The summed E-state index contributed by atoms with van der Waals surface area (Å²) in [7, 11) is -2.27. The van der Waals surface area contributed by atoms with Crippen LogP contribution in [-0.2, 0) is 0 Å². The molecular formula is C26H25P. The first-order valence-corrected chi connectivity index (χ1v) is 11.6.